The molecular weight excluding hydrogens is 406 g/mol. The molecule has 3 rings (SSSR count). The van der Waals surface area contributed by atoms with Crippen LogP contribution < -0.4 is 4.72 Å². The number of nitrogens with zero attached hydrogens (tertiary/aromatic N) is 2. The van der Waals surface area contributed by atoms with Crippen LogP contribution in [0, 0.1) is 5.92 Å². The number of sulfonamides is 1. The van der Waals surface area contributed by atoms with E-state index in [4.69, 9.17) is 11.6 Å². The highest BCUT2D eigenvalue weighted by molar-refractivity contribution is 9.10. The molecule has 124 valence electrons. The summed E-state index contributed by atoms with van der Waals surface area (Å²) in [5.74, 6) is 0.359. The zero-order valence-electron chi connectivity index (χ0n) is 12.0. The minimum Gasteiger partial charge on any atom is -0.505 e. The lowest BCUT2D eigenvalue weighted by Gasteiger charge is -2.25. The molecule has 1 aliphatic carbocycles. The van der Waals surface area contributed by atoms with Gasteiger partial charge >= 0.3 is 0 Å². The Kier molecular flexibility index (Phi) is 4.57. The van der Waals surface area contributed by atoms with E-state index in [1.807, 2.05) is 4.57 Å². The molecule has 1 heterocycles. The molecule has 0 radical (unpaired) electrons. The number of halogens is 2. The Morgan fingerprint density at radius 3 is 2.83 bits per heavy atom. The molecule has 1 fully saturated rings. The Balaban J connectivity index is 1.81. The van der Waals surface area contributed by atoms with Gasteiger partial charge in [-0.1, -0.05) is 34.0 Å². The number of rotatable bonds is 5. The predicted molar refractivity (Wildman–Crippen MR) is 91.2 cm³/mol. The van der Waals surface area contributed by atoms with Crippen LogP contribution in [0.25, 0.3) is 0 Å². The summed E-state index contributed by atoms with van der Waals surface area (Å²) in [5.41, 5.74) is 0. The Morgan fingerprint density at radius 1 is 1.43 bits per heavy atom. The quantitative estimate of drug-likeness (QED) is 0.774. The van der Waals surface area contributed by atoms with Gasteiger partial charge in [-0.05, 0) is 30.9 Å². The summed E-state index contributed by atoms with van der Waals surface area (Å²) in [6, 6.07) is 2.71. The molecule has 2 N–H and O–H groups in total. The van der Waals surface area contributed by atoms with Crippen LogP contribution in [0.4, 0.5) is 5.82 Å². The summed E-state index contributed by atoms with van der Waals surface area (Å²) in [7, 11) is -3.99. The van der Waals surface area contributed by atoms with Gasteiger partial charge in [0.1, 0.15) is 4.90 Å². The number of phenolic OH excluding ortho intramolecular Hbond substituents is 1. The van der Waals surface area contributed by atoms with E-state index in [0.29, 0.717) is 10.4 Å². The SMILES string of the molecule is O=S(=O)(Nc1cn(CC2CCC2)cn1)c1cc(Br)cc(Cl)c1O. The van der Waals surface area contributed by atoms with Gasteiger partial charge < -0.3 is 9.67 Å². The van der Waals surface area contributed by atoms with E-state index < -0.39 is 15.8 Å². The number of benzene rings is 1. The summed E-state index contributed by atoms with van der Waals surface area (Å²) in [5, 5.41) is 9.86. The third kappa shape index (κ3) is 3.64. The van der Waals surface area contributed by atoms with E-state index in [1.165, 1.54) is 31.4 Å². The van der Waals surface area contributed by atoms with Gasteiger partial charge in [-0.25, -0.2) is 13.4 Å². The smallest absolute Gasteiger partial charge is 0.266 e. The van der Waals surface area contributed by atoms with Crippen LogP contribution in [0.5, 0.6) is 5.75 Å². The second kappa shape index (κ2) is 6.33. The van der Waals surface area contributed by atoms with Gasteiger partial charge in [0.2, 0.25) is 0 Å². The molecule has 0 spiro atoms. The van der Waals surface area contributed by atoms with Gasteiger partial charge in [-0.3, -0.25) is 4.72 Å². The highest BCUT2D eigenvalue weighted by Crippen LogP contribution is 2.35. The fourth-order valence-electron chi connectivity index (χ4n) is 2.43. The Hall–Kier alpha value is -1.25. The Morgan fingerprint density at radius 2 is 2.17 bits per heavy atom. The molecule has 0 bridgehead atoms. The van der Waals surface area contributed by atoms with Gasteiger partial charge in [0.05, 0.1) is 11.3 Å². The average Bonchev–Trinajstić information content (AvgIpc) is 2.84. The van der Waals surface area contributed by atoms with Gasteiger partial charge in [0, 0.05) is 17.2 Å². The minimum atomic E-state index is -3.99. The lowest BCUT2D eigenvalue weighted by atomic mass is 9.85. The fraction of sp³-hybridized carbons (Fsp3) is 0.357. The second-order valence-corrected chi connectivity index (χ2v) is 8.57. The van der Waals surface area contributed by atoms with Crippen LogP contribution in [-0.4, -0.2) is 23.1 Å². The van der Waals surface area contributed by atoms with Crippen molar-refractivity contribution in [3.05, 3.63) is 34.2 Å². The third-order valence-corrected chi connectivity index (χ3v) is 5.96. The van der Waals surface area contributed by atoms with Gasteiger partial charge in [-0.2, -0.15) is 0 Å². The van der Waals surface area contributed by atoms with E-state index >= 15 is 0 Å². The highest BCUT2D eigenvalue weighted by Gasteiger charge is 2.23. The van der Waals surface area contributed by atoms with Crippen LogP contribution in [0.2, 0.25) is 5.02 Å². The van der Waals surface area contributed by atoms with Crippen LogP contribution in [-0.2, 0) is 16.6 Å². The monoisotopic (exact) mass is 419 g/mol. The zero-order chi connectivity index (χ0) is 16.6. The predicted octanol–water partition coefficient (Wildman–Crippen LogP) is 3.61. The van der Waals surface area contributed by atoms with Crippen molar-refractivity contribution in [1.82, 2.24) is 9.55 Å². The highest BCUT2D eigenvalue weighted by atomic mass is 79.9. The summed E-state index contributed by atoms with van der Waals surface area (Å²) < 4.78 is 29.5. The maximum Gasteiger partial charge on any atom is 0.266 e. The molecule has 2 aromatic rings. The van der Waals surface area contributed by atoms with Crippen molar-refractivity contribution in [2.24, 2.45) is 5.92 Å². The zero-order valence-corrected chi connectivity index (χ0v) is 15.2. The number of hydrogen-bond donors (Lipinski definition) is 2. The Labute approximate surface area is 147 Å². The summed E-state index contributed by atoms with van der Waals surface area (Å²) in [4.78, 5) is 3.76. The average molecular weight is 421 g/mol. The first kappa shape index (κ1) is 16.6. The van der Waals surface area contributed by atoms with E-state index in [9.17, 15) is 13.5 Å². The van der Waals surface area contributed by atoms with Crippen molar-refractivity contribution in [2.75, 3.05) is 4.72 Å². The first-order valence-electron chi connectivity index (χ1n) is 7.08. The van der Waals surface area contributed by atoms with Crippen LogP contribution in [0.3, 0.4) is 0 Å². The van der Waals surface area contributed by atoms with Crippen molar-refractivity contribution in [3.63, 3.8) is 0 Å². The number of imidazole rings is 1. The van der Waals surface area contributed by atoms with Crippen LogP contribution in [0.1, 0.15) is 19.3 Å². The minimum absolute atomic E-state index is 0.0461. The number of phenols is 1. The standard InChI is InChI=1S/C14H15BrClN3O3S/c15-10-4-11(16)14(20)12(5-10)23(21,22)18-13-7-19(8-17-13)6-9-2-1-3-9/h4-5,7-9,18,20H,1-3,6H2. The summed E-state index contributed by atoms with van der Waals surface area (Å²) in [6.07, 6.45) is 6.89. The fourth-order valence-corrected chi connectivity index (χ4v) is 4.58. The van der Waals surface area contributed by atoms with E-state index in [0.717, 1.165) is 6.54 Å². The number of hydrogen-bond acceptors (Lipinski definition) is 4. The van der Waals surface area contributed by atoms with Crippen molar-refractivity contribution >= 4 is 43.4 Å². The molecule has 1 saturated carbocycles. The molecule has 0 unspecified atom stereocenters. The molecule has 0 atom stereocenters. The first-order chi connectivity index (χ1) is 10.8. The third-order valence-electron chi connectivity index (χ3n) is 3.85. The lowest BCUT2D eigenvalue weighted by molar-refractivity contribution is 0.276. The second-order valence-electron chi connectivity index (χ2n) is 5.59. The van der Waals surface area contributed by atoms with E-state index in [1.54, 1.807) is 12.5 Å². The van der Waals surface area contributed by atoms with Gasteiger partial charge in [0.25, 0.3) is 10.0 Å². The number of aromatic nitrogens is 2. The number of anilines is 1. The summed E-state index contributed by atoms with van der Waals surface area (Å²) >= 11 is 8.98. The van der Waals surface area contributed by atoms with Gasteiger partial charge in [0.15, 0.2) is 11.6 Å². The van der Waals surface area contributed by atoms with Crippen molar-refractivity contribution in [3.8, 4) is 5.75 Å². The van der Waals surface area contributed by atoms with Crippen LogP contribution >= 0.6 is 27.5 Å². The Bertz CT molecular complexity index is 834. The topological polar surface area (TPSA) is 84.2 Å². The molecule has 6 nitrogen and oxygen atoms in total. The molecule has 1 aromatic heterocycles. The molecular formula is C14H15BrClN3O3S. The molecule has 0 aliphatic heterocycles. The maximum atomic E-state index is 12.4. The van der Waals surface area contributed by atoms with Crippen LogP contribution in [0.15, 0.2) is 34.0 Å². The molecule has 9 heteroatoms. The maximum absolute atomic E-state index is 12.4. The molecule has 1 aromatic carbocycles. The molecule has 0 amide bonds. The van der Waals surface area contributed by atoms with E-state index in [2.05, 4.69) is 25.6 Å². The van der Waals surface area contributed by atoms with Crippen molar-refractivity contribution in [2.45, 2.75) is 30.7 Å². The van der Waals surface area contributed by atoms with Gasteiger partial charge in [-0.15, -0.1) is 0 Å². The molecule has 1 aliphatic rings. The normalized spacial score (nSPS) is 15.4. The lowest BCUT2D eigenvalue weighted by Crippen LogP contribution is -2.17. The number of aromatic hydroxyl groups is 1. The van der Waals surface area contributed by atoms with Crippen molar-refractivity contribution in [1.29, 1.82) is 0 Å². The molecule has 0 saturated heterocycles. The summed E-state index contributed by atoms with van der Waals surface area (Å²) in [6.45, 7) is 0.836. The molecule has 23 heavy (non-hydrogen) atoms. The number of nitrogens with one attached hydrogen (secondary N) is 1. The van der Waals surface area contributed by atoms with Crippen molar-refractivity contribution < 1.29 is 13.5 Å². The van der Waals surface area contributed by atoms with E-state index in [-0.39, 0.29) is 15.7 Å². The first-order valence-corrected chi connectivity index (χ1v) is 9.73. The largest absolute Gasteiger partial charge is 0.505 e.